The highest BCUT2D eigenvalue weighted by Crippen LogP contribution is 2.45. The molecular formula is C29H28ClN5O3. The van der Waals surface area contributed by atoms with E-state index in [4.69, 9.17) is 16.3 Å². The molecule has 194 valence electrons. The number of nitrogens with one attached hydrogen (secondary N) is 2. The number of rotatable bonds is 5. The highest BCUT2D eigenvalue weighted by Gasteiger charge is 2.48. The van der Waals surface area contributed by atoms with E-state index in [1.807, 2.05) is 35.4 Å². The van der Waals surface area contributed by atoms with E-state index >= 15 is 0 Å². The molecule has 0 unspecified atom stereocenters. The first kappa shape index (κ1) is 24.4. The first-order chi connectivity index (χ1) is 18.5. The minimum absolute atomic E-state index is 0.00207. The molecule has 2 aromatic carbocycles. The van der Waals surface area contributed by atoms with E-state index in [0.29, 0.717) is 41.6 Å². The number of halogens is 1. The third kappa shape index (κ3) is 4.39. The Morgan fingerprint density at radius 1 is 1.16 bits per heavy atom. The molecule has 9 heteroatoms. The molecule has 2 atom stereocenters. The summed E-state index contributed by atoms with van der Waals surface area (Å²) >= 11 is 6.42. The summed E-state index contributed by atoms with van der Waals surface area (Å²) in [5, 5.41) is 12.4. The van der Waals surface area contributed by atoms with Crippen molar-refractivity contribution in [2.75, 3.05) is 18.5 Å². The van der Waals surface area contributed by atoms with Gasteiger partial charge in [-0.1, -0.05) is 35.9 Å². The number of fused-ring (bicyclic) bond motifs is 2. The molecule has 2 aliphatic rings. The number of ether oxygens (including phenoxy) is 1. The van der Waals surface area contributed by atoms with E-state index in [1.165, 1.54) is 0 Å². The van der Waals surface area contributed by atoms with Crippen molar-refractivity contribution in [2.45, 2.75) is 43.6 Å². The van der Waals surface area contributed by atoms with Crippen LogP contribution in [0.2, 0.25) is 5.02 Å². The number of amides is 2. The zero-order chi connectivity index (χ0) is 26.1. The summed E-state index contributed by atoms with van der Waals surface area (Å²) in [5.41, 5.74) is 1.05. The number of carbonyl (C=O) groups is 2. The predicted molar refractivity (Wildman–Crippen MR) is 145 cm³/mol. The van der Waals surface area contributed by atoms with Gasteiger partial charge in [-0.3, -0.25) is 19.7 Å². The maximum atomic E-state index is 14.3. The number of aromatic nitrogens is 3. The van der Waals surface area contributed by atoms with Gasteiger partial charge in [0.25, 0.3) is 0 Å². The number of nitrogens with zero attached hydrogens (tertiary/aromatic N) is 3. The fourth-order valence-corrected chi connectivity index (χ4v) is 5.98. The Labute approximate surface area is 225 Å². The highest BCUT2D eigenvalue weighted by atomic mass is 35.5. The summed E-state index contributed by atoms with van der Waals surface area (Å²) < 4.78 is 5.92. The van der Waals surface area contributed by atoms with Gasteiger partial charge < -0.3 is 15.0 Å². The summed E-state index contributed by atoms with van der Waals surface area (Å²) in [7, 11) is 0. The van der Waals surface area contributed by atoms with Gasteiger partial charge >= 0.3 is 0 Å². The lowest BCUT2D eigenvalue weighted by Gasteiger charge is -2.41. The maximum absolute atomic E-state index is 14.3. The molecule has 0 bridgehead atoms. The number of likely N-dealkylation sites (tertiary alicyclic amines) is 1. The van der Waals surface area contributed by atoms with Crippen LogP contribution in [0, 0.1) is 0 Å². The molecule has 8 nitrogen and oxygen atoms in total. The lowest BCUT2D eigenvalue weighted by molar-refractivity contribution is -0.140. The molecule has 1 saturated heterocycles. The molecule has 0 aliphatic carbocycles. The second-order valence-corrected chi connectivity index (χ2v) is 10.4. The first-order valence-corrected chi connectivity index (χ1v) is 13.3. The zero-order valence-corrected chi connectivity index (χ0v) is 21.6. The van der Waals surface area contributed by atoms with E-state index in [1.54, 1.807) is 36.8 Å². The van der Waals surface area contributed by atoms with E-state index < -0.39 is 5.41 Å². The fourth-order valence-electron chi connectivity index (χ4n) is 5.81. The number of pyridine rings is 1. The molecule has 38 heavy (non-hydrogen) atoms. The third-order valence-electron chi connectivity index (χ3n) is 7.77. The summed E-state index contributed by atoms with van der Waals surface area (Å²) in [5.74, 6) is 0.229. The minimum Gasteiger partial charge on any atom is -0.493 e. The fraction of sp³-hybridized carbons (Fsp3) is 0.310. The predicted octanol–water partition coefficient (Wildman–Crippen LogP) is 5.41. The second-order valence-electron chi connectivity index (χ2n) is 9.99. The number of benzene rings is 2. The summed E-state index contributed by atoms with van der Waals surface area (Å²) in [4.78, 5) is 34.6. The Morgan fingerprint density at radius 3 is 2.92 bits per heavy atom. The molecule has 2 aliphatic heterocycles. The molecule has 6 rings (SSSR count). The lowest BCUT2D eigenvalue weighted by atomic mass is 9.72. The van der Waals surface area contributed by atoms with Crippen molar-refractivity contribution in [3.63, 3.8) is 0 Å². The van der Waals surface area contributed by atoms with Gasteiger partial charge in [0.2, 0.25) is 11.8 Å². The summed E-state index contributed by atoms with van der Waals surface area (Å²) in [6, 6.07) is 13.0. The second kappa shape index (κ2) is 10.1. The van der Waals surface area contributed by atoms with Crippen molar-refractivity contribution in [3.05, 3.63) is 83.4 Å². The average molecular weight is 530 g/mol. The normalized spacial score (nSPS) is 21.0. The maximum Gasteiger partial charge on any atom is 0.235 e. The Bertz CT molecular complexity index is 1490. The standard InChI is InChI=1S/C29H28ClN5O3/c30-21-8-9-26-23(13-21)29(10-12-38-26,28(37)34-24-18-31-15-19-5-1-2-6-22(19)24)14-27(36)35-11-4-3-7-25(35)20-16-32-33-17-20/h1-2,5-6,8-9,13,15-18,25H,3-4,7,10-12,14H2,(H,32,33)(H,34,37)/t25-,29+/m1/s1. The highest BCUT2D eigenvalue weighted by molar-refractivity contribution is 6.30. The van der Waals surface area contributed by atoms with E-state index in [9.17, 15) is 9.59 Å². The van der Waals surface area contributed by atoms with Crippen LogP contribution in [-0.4, -0.2) is 45.0 Å². The van der Waals surface area contributed by atoms with E-state index in [2.05, 4.69) is 20.5 Å². The van der Waals surface area contributed by atoms with Crippen LogP contribution in [-0.2, 0) is 15.0 Å². The minimum atomic E-state index is -1.16. The molecule has 4 aromatic rings. The van der Waals surface area contributed by atoms with E-state index in [-0.39, 0.29) is 24.3 Å². The summed E-state index contributed by atoms with van der Waals surface area (Å²) in [6.07, 6.45) is 10.2. The molecule has 2 amide bonds. The van der Waals surface area contributed by atoms with Crippen molar-refractivity contribution in [1.82, 2.24) is 20.1 Å². The molecule has 2 aromatic heterocycles. The summed E-state index contributed by atoms with van der Waals surface area (Å²) in [6.45, 7) is 0.951. The van der Waals surface area contributed by atoms with Gasteiger partial charge in [0.05, 0.1) is 36.1 Å². The monoisotopic (exact) mass is 529 g/mol. The van der Waals surface area contributed by atoms with Gasteiger partial charge in [0.15, 0.2) is 0 Å². The molecule has 0 spiro atoms. The van der Waals surface area contributed by atoms with E-state index in [0.717, 1.165) is 35.6 Å². The van der Waals surface area contributed by atoms with Crippen molar-refractivity contribution in [2.24, 2.45) is 0 Å². The van der Waals surface area contributed by atoms with Crippen molar-refractivity contribution in [3.8, 4) is 5.75 Å². The van der Waals surface area contributed by atoms with Gasteiger partial charge in [-0.15, -0.1) is 0 Å². The number of H-pyrrole nitrogens is 1. The number of hydrogen-bond acceptors (Lipinski definition) is 5. The molecule has 0 saturated carbocycles. The van der Waals surface area contributed by atoms with Crippen LogP contribution >= 0.6 is 11.6 Å². The molecule has 1 fully saturated rings. The Hall–Kier alpha value is -3.91. The molecule has 0 radical (unpaired) electrons. The van der Waals surface area contributed by atoms with Gasteiger partial charge in [0, 0.05) is 58.7 Å². The van der Waals surface area contributed by atoms with Gasteiger partial charge in [-0.25, -0.2) is 0 Å². The largest absolute Gasteiger partial charge is 0.493 e. The molecular weight excluding hydrogens is 502 g/mol. The Morgan fingerprint density at radius 2 is 2.05 bits per heavy atom. The lowest BCUT2D eigenvalue weighted by Crippen LogP contribution is -2.49. The van der Waals surface area contributed by atoms with Crippen LogP contribution in [0.15, 0.2) is 67.3 Å². The third-order valence-corrected chi connectivity index (χ3v) is 8.01. The quantitative estimate of drug-likeness (QED) is 0.360. The number of aromatic amines is 1. The number of anilines is 1. The van der Waals surface area contributed by atoms with Crippen LogP contribution < -0.4 is 10.1 Å². The van der Waals surface area contributed by atoms with Gasteiger partial charge in [-0.05, 0) is 37.5 Å². The van der Waals surface area contributed by atoms with Crippen molar-refractivity contribution < 1.29 is 14.3 Å². The molecule has 4 heterocycles. The number of carbonyl (C=O) groups excluding carboxylic acids is 2. The Kier molecular flexibility index (Phi) is 6.49. The van der Waals surface area contributed by atoms with Crippen molar-refractivity contribution >= 4 is 39.9 Å². The van der Waals surface area contributed by atoms with Crippen LogP contribution in [0.5, 0.6) is 5.75 Å². The SMILES string of the molecule is O=C(C[C@@]1(C(=O)Nc2cncc3ccccc23)CCOc2ccc(Cl)cc21)N1CCCC[C@@H]1c1cn[nH]c1. The number of piperidine rings is 1. The van der Waals surface area contributed by atoms with Crippen LogP contribution in [0.4, 0.5) is 5.69 Å². The average Bonchev–Trinajstić information content (AvgIpc) is 3.48. The Balaban J connectivity index is 1.39. The van der Waals surface area contributed by atoms with Crippen molar-refractivity contribution in [1.29, 1.82) is 0 Å². The smallest absolute Gasteiger partial charge is 0.235 e. The van der Waals surface area contributed by atoms with Gasteiger partial charge in [0.1, 0.15) is 5.75 Å². The van der Waals surface area contributed by atoms with Crippen LogP contribution in [0.3, 0.4) is 0 Å². The van der Waals surface area contributed by atoms with Crippen LogP contribution in [0.25, 0.3) is 10.8 Å². The first-order valence-electron chi connectivity index (χ1n) is 12.9. The van der Waals surface area contributed by atoms with Gasteiger partial charge in [-0.2, -0.15) is 5.10 Å². The van der Waals surface area contributed by atoms with Crippen LogP contribution in [0.1, 0.15) is 49.3 Å². The topological polar surface area (TPSA) is 100 Å². The number of hydrogen-bond donors (Lipinski definition) is 2. The molecule has 2 N–H and O–H groups in total. The zero-order valence-electron chi connectivity index (χ0n) is 20.8.